The van der Waals surface area contributed by atoms with Gasteiger partial charge in [0, 0.05) is 13.1 Å². The molecule has 0 bridgehead atoms. The van der Waals surface area contributed by atoms with Crippen LogP contribution in [0.2, 0.25) is 0 Å². The zero-order valence-corrected chi connectivity index (χ0v) is 17.8. The number of benzene rings is 1. The molecule has 4 aromatic rings. The van der Waals surface area contributed by atoms with Gasteiger partial charge >= 0.3 is 0 Å². The second-order valence-corrected chi connectivity index (χ2v) is 7.51. The smallest absolute Gasteiger partial charge is 0.257 e. The van der Waals surface area contributed by atoms with E-state index in [2.05, 4.69) is 37.1 Å². The van der Waals surface area contributed by atoms with Crippen molar-refractivity contribution >= 4 is 28.9 Å². The van der Waals surface area contributed by atoms with Crippen molar-refractivity contribution in [3.8, 4) is 5.75 Å². The van der Waals surface area contributed by atoms with Crippen LogP contribution in [0.5, 0.6) is 5.75 Å². The zero-order valence-electron chi connectivity index (χ0n) is 17.8. The van der Waals surface area contributed by atoms with Crippen molar-refractivity contribution in [3.05, 3.63) is 59.9 Å². The first-order valence-corrected chi connectivity index (χ1v) is 10.4. The average Bonchev–Trinajstić information content (AvgIpc) is 3.49. The Bertz CT molecular complexity index is 1270. The molecular formula is C22H23N7O3. The summed E-state index contributed by atoms with van der Waals surface area (Å²) in [6.45, 7) is 2.49. The Hall–Kier alpha value is -4.08. The molecular weight excluding hydrogens is 410 g/mol. The van der Waals surface area contributed by atoms with Crippen LogP contribution in [-0.4, -0.2) is 39.1 Å². The fourth-order valence-electron chi connectivity index (χ4n) is 3.78. The molecule has 1 aromatic carbocycles. The van der Waals surface area contributed by atoms with Crippen molar-refractivity contribution in [2.75, 3.05) is 24.3 Å². The largest absolute Gasteiger partial charge is 0.491 e. The second kappa shape index (κ2) is 8.22. The lowest BCUT2D eigenvalue weighted by atomic mass is 10.1. The van der Waals surface area contributed by atoms with Crippen molar-refractivity contribution in [1.82, 2.24) is 24.9 Å². The van der Waals surface area contributed by atoms with Gasteiger partial charge in [0.1, 0.15) is 35.3 Å². The summed E-state index contributed by atoms with van der Waals surface area (Å²) in [6, 6.07) is 7.46. The minimum absolute atomic E-state index is 0.321. The number of hydrogen-bond donors (Lipinski definition) is 3. The summed E-state index contributed by atoms with van der Waals surface area (Å²) in [5.41, 5.74) is 2.77. The van der Waals surface area contributed by atoms with Crippen molar-refractivity contribution in [2.24, 2.45) is 0 Å². The topological polar surface area (TPSA) is 119 Å². The number of rotatable bonds is 6. The predicted octanol–water partition coefficient (Wildman–Crippen LogP) is 3.32. The third-order valence-electron chi connectivity index (χ3n) is 5.34. The molecule has 1 atom stereocenters. The maximum atomic E-state index is 13.0. The molecule has 10 nitrogen and oxygen atoms in total. The summed E-state index contributed by atoms with van der Waals surface area (Å²) < 4.78 is 12.8. The number of ether oxygens (including phenoxy) is 1. The molecule has 1 amide bonds. The number of para-hydroxylation sites is 1. The lowest BCUT2D eigenvalue weighted by molar-refractivity contribution is 0.0935. The molecule has 4 heterocycles. The lowest BCUT2D eigenvalue weighted by Gasteiger charge is -2.21. The summed E-state index contributed by atoms with van der Waals surface area (Å²) in [5, 5.41) is 13.7. The Labute approximate surface area is 184 Å². The van der Waals surface area contributed by atoms with Crippen LogP contribution in [0.15, 0.2) is 47.3 Å². The zero-order chi connectivity index (χ0) is 22.1. The summed E-state index contributed by atoms with van der Waals surface area (Å²) in [5.74, 6) is 2.20. The summed E-state index contributed by atoms with van der Waals surface area (Å²) in [7, 11) is 1.79. The molecule has 0 saturated heterocycles. The average molecular weight is 433 g/mol. The molecule has 1 aliphatic heterocycles. The van der Waals surface area contributed by atoms with E-state index in [4.69, 9.17) is 9.15 Å². The molecule has 32 heavy (non-hydrogen) atoms. The van der Waals surface area contributed by atoms with Gasteiger partial charge < -0.3 is 25.1 Å². The van der Waals surface area contributed by atoms with E-state index < -0.39 is 6.04 Å². The Balaban J connectivity index is 1.48. The minimum atomic E-state index is -0.398. The van der Waals surface area contributed by atoms with Gasteiger partial charge in [-0.25, -0.2) is 9.97 Å². The first-order chi connectivity index (χ1) is 15.6. The van der Waals surface area contributed by atoms with E-state index in [0.29, 0.717) is 35.3 Å². The van der Waals surface area contributed by atoms with Gasteiger partial charge in [-0.2, -0.15) is 9.61 Å². The highest BCUT2D eigenvalue weighted by Crippen LogP contribution is 2.35. The van der Waals surface area contributed by atoms with Gasteiger partial charge in [0.15, 0.2) is 5.65 Å². The third kappa shape index (κ3) is 3.59. The quantitative estimate of drug-likeness (QED) is 0.424. The van der Waals surface area contributed by atoms with Crippen LogP contribution in [-0.2, 0) is 6.42 Å². The highest BCUT2D eigenvalue weighted by Gasteiger charge is 2.21. The van der Waals surface area contributed by atoms with Crippen LogP contribution in [0.4, 0.5) is 17.3 Å². The van der Waals surface area contributed by atoms with Gasteiger partial charge in [-0.15, -0.1) is 0 Å². The monoisotopic (exact) mass is 433 g/mol. The maximum absolute atomic E-state index is 13.0. The van der Waals surface area contributed by atoms with Crippen LogP contribution in [0.25, 0.3) is 5.65 Å². The van der Waals surface area contributed by atoms with Gasteiger partial charge in [0.05, 0.1) is 24.7 Å². The van der Waals surface area contributed by atoms with Gasteiger partial charge in [-0.3, -0.25) is 4.79 Å². The molecule has 0 saturated carbocycles. The number of nitrogens with one attached hydrogen (secondary N) is 3. The minimum Gasteiger partial charge on any atom is -0.491 e. The molecule has 10 heteroatoms. The summed E-state index contributed by atoms with van der Waals surface area (Å²) in [6.07, 6.45) is 6.49. The van der Waals surface area contributed by atoms with E-state index in [1.54, 1.807) is 18.5 Å². The maximum Gasteiger partial charge on any atom is 0.257 e. The number of anilines is 3. The number of oxazole rings is 1. The highest BCUT2D eigenvalue weighted by molar-refractivity contribution is 6.00. The fraction of sp³-hybridized carbons (Fsp3) is 0.273. The number of carbonyl (C=O) groups is 1. The number of hydrogen-bond acceptors (Lipinski definition) is 8. The van der Waals surface area contributed by atoms with E-state index in [1.165, 1.54) is 24.2 Å². The second-order valence-electron chi connectivity index (χ2n) is 7.51. The van der Waals surface area contributed by atoms with E-state index in [9.17, 15) is 4.79 Å². The molecule has 164 valence electrons. The Morgan fingerprint density at radius 2 is 2.22 bits per heavy atom. The molecule has 0 spiro atoms. The summed E-state index contributed by atoms with van der Waals surface area (Å²) in [4.78, 5) is 21.7. The standard InChI is InChI=1S/C22H23N7O3/c1-13(22-24-8-10-32-22)26-21(30)15-12-25-29-18(23-2)11-17(28-20(15)29)27-16-7-3-5-14-6-4-9-31-19(14)16/h3,5,7-8,10-13,23H,4,6,9H2,1-2H3,(H,26,30)(H,27,28)/t13-/m1/s1. The Morgan fingerprint density at radius 3 is 3.03 bits per heavy atom. The van der Waals surface area contributed by atoms with Crippen LogP contribution in [0, 0.1) is 0 Å². The first kappa shape index (κ1) is 19.9. The molecule has 0 fully saturated rings. The molecule has 0 aliphatic carbocycles. The van der Waals surface area contributed by atoms with Gasteiger partial charge in [-0.1, -0.05) is 12.1 Å². The predicted molar refractivity (Wildman–Crippen MR) is 118 cm³/mol. The number of fused-ring (bicyclic) bond motifs is 2. The SMILES string of the molecule is CNc1cc(Nc2cccc3c2OCCC3)nc2c(C(=O)N[C@H](C)c3ncco3)cnn12. The van der Waals surface area contributed by atoms with Crippen LogP contribution in [0.1, 0.15) is 41.2 Å². The number of aromatic nitrogens is 4. The van der Waals surface area contributed by atoms with Crippen LogP contribution < -0.4 is 20.7 Å². The third-order valence-corrected chi connectivity index (χ3v) is 5.34. The van der Waals surface area contributed by atoms with E-state index in [0.717, 1.165) is 24.3 Å². The lowest BCUT2D eigenvalue weighted by Crippen LogP contribution is -2.26. The molecule has 5 rings (SSSR count). The van der Waals surface area contributed by atoms with Crippen molar-refractivity contribution in [1.29, 1.82) is 0 Å². The number of nitrogens with zero attached hydrogens (tertiary/aromatic N) is 4. The Kier molecular flexibility index (Phi) is 5.10. The Morgan fingerprint density at radius 1 is 1.31 bits per heavy atom. The molecule has 1 aliphatic rings. The molecule has 3 aromatic heterocycles. The van der Waals surface area contributed by atoms with Gasteiger partial charge in [-0.05, 0) is 31.4 Å². The van der Waals surface area contributed by atoms with Gasteiger partial charge in [0.25, 0.3) is 5.91 Å². The van der Waals surface area contributed by atoms with Crippen molar-refractivity contribution < 1.29 is 13.9 Å². The molecule has 3 N–H and O–H groups in total. The van der Waals surface area contributed by atoms with Gasteiger partial charge in [0.2, 0.25) is 5.89 Å². The highest BCUT2D eigenvalue weighted by atomic mass is 16.5. The van der Waals surface area contributed by atoms with Crippen molar-refractivity contribution in [2.45, 2.75) is 25.8 Å². The van der Waals surface area contributed by atoms with E-state index >= 15 is 0 Å². The van der Waals surface area contributed by atoms with E-state index in [1.807, 2.05) is 18.2 Å². The molecule has 0 unspecified atom stereocenters. The fourth-order valence-corrected chi connectivity index (χ4v) is 3.78. The number of aryl methyl sites for hydroxylation is 1. The van der Waals surface area contributed by atoms with E-state index in [-0.39, 0.29) is 5.91 Å². The summed E-state index contributed by atoms with van der Waals surface area (Å²) >= 11 is 0. The van der Waals surface area contributed by atoms with Crippen molar-refractivity contribution in [3.63, 3.8) is 0 Å². The normalized spacial score (nSPS) is 13.8. The number of amides is 1. The first-order valence-electron chi connectivity index (χ1n) is 10.4. The van der Waals surface area contributed by atoms with Crippen LogP contribution in [0.3, 0.4) is 0 Å². The number of carbonyl (C=O) groups excluding carboxylic acids is 1. The molecule has 0 radical (unpaired) electrons. The van der Waals surface area contributed by atoms with Crippen LogP contribution >= 0.6 is 0 Å².